The van der Waals surface area contributed by atoms with Gasteiger partial charge in [0, 0.05) is 11.3 Å². The molecule has 10 heavy (non-hydrogen) atoms. The van der Waals surface area contributed by atoms with Crippen molar-refractivity contribution < 1.29 is 0 Å². The van der Waals surface area contributed by atoms with E-state index in [9.17, 15) is 0 Å². The molecule has 1 fully saturated rings. The predicted octanol–water partition coefficient (Wildman–Crippen LogP) is 2.10. The Morgan fingerprint density at radius 2 is 2.40 bits per heavy atom. The summed E-state index contributed by atoms with van der Waals surface area (Å²) in [5.74, 6) is 0. The minimum absolute atomic E-state index is 0.282. The van der Waals surface area contributed by atoms with Crippen LogP contribution in [0.4, 0.5) is 0 Å². The Balaban J connectivity index is 2.42. The van der Waals surface area contributed by atoms with Gasteiger partial charge in [0.25, 0.3) is 0 Å². The Morgan fingerprint density at radius 3 is 2.80 bits per heavy atom. The topological polar surface area (TPSA) is 28.7 Å². The fraction of sp³-hybridized carbons (Fsp3) is 0.571. The van der Waals surface area contributed by atoms with Crippen molar-refractivity contribution in [2.24, 2.45) is 0 Å². The van der Waals surface area contributed by atoms with Crippen LogP contribution in [0.1, 0.15) is 24.1 Å². The number of halogens is 1. The zero-order valence-electron chi connectivity index (χ0n) is 5.82. The number of rotatable bonds is 1. The van der Waals surface area contributed by atoms with Gasteiger partial charge in [-0.25, -0.2) is 0 Å². The van der Waals surface area contributed by atoms with Gasteiger partial charge in [-0.2, -0.15) is 5.10 Å². The average molecular weight is 201 g/mol. The molecule has 0 spiro atoms. The molecule has 0 aromatic carbocycles. The van der Waals surface area contributed by atoms with E-state index in [1.807, 2.05) is 6.20 Å². The summed E-state index contributed by atoms with van der Waals surface area (Å²) in [5.41, 5.74) is 2.52. The van der Waals surface area contributed by atoms with Crippen LogP contribution < -0.4 is 0 Å². The number of nitrogens with zero attached hydrogens (tertiary/aromatic N) is 1. The molecule has 0 bridgehead atoms. The molecule has 1 aromatic heterocycles. The highest BCUT2D eigenvalue weighted by atomic mass is 79.9. The molecule has 0 saturated heterocycles. The van der Waals surface area contributed by atoms with E-state index < -0.39 is 0 Å². The molecule has 2 rings (SSSR count). The number of aryl methyl sites for hydroxylation is 1. The summed E-state index contributed by atoms with van der Waals surface area (Å²) in [5, 5.41) is 6.91. The Morgan fingerprint density at radius 1 is 1.70 bits per heavy atom. The third kappa shape index (κ3) is 0.804. The van der Waals surface area contributed by atoms with Gasteiger partial charge < -0.3 is 0 Å². The van der Waals surface area contributed by atoms with E-state index in [0.29, 0.717) is 0 Å². The number of aromatic amines is 1. The molecule has 1 saturated carbocycles. The summed E-state index contributed by atoms with van der Waals surface area (Å²) >= 11 is 3.67. The summed E-state index contributed by atoms with van der Waals surface area (Å²) in [6.07, 6.45) is 4.40. The lowest BCUT2D eigenvalue weighted by Crippen LogP contribution is -1.94. The van der Waals surface area contributed by atoms with Gasteiger partial charge in [-0.3, -0.25) is 5.10 Å². The van der Waals surface area contributed by atoms with Crippen LogP contribution in [0.2, 0.25) is 0 Å². The molecule has 3 heteroatoms. The van der Waals surface area contributed by atoms with Gasteiger partial charge in [-0.05, 0) is 19.8 Å². The van der Waals surface area contributed by atoms with E-state index in [-0.39, 0.29) is 4.32 Å². The van der Waals surface area contributed by atoms with E-state index >= 15 is 0 Å². The van der Waals surface area contributed by atoms with Crippen LogP contribution >= 0.6 is 15.9 Å². The average Bonchev–Trinajstić information content (AvgIpc) is 2.44. The standard InChI is InChI=1S/C7H9BrN2/c1-5-6(4-9-10-5)7(8)2-3-7/h4H,2-3H2,1H3,(H,9,10). The molecule has 1 heterocycles. The molecular weight excluding hydrogens is 192 g/mol. The first-order valence-electron chi connectivity index (χ1n) is 3.42. The van der Waals surface area contributed by atoms with Gasteiger partial charge in [0.15, 0.2) is 0 Å². The van der Waals surface area contributed by atoms with Crippen molar-refractivity contribution in [2.45, 2.75) is 24.1 Å². The van der Waals surface area contributed by atoms with Gasteiger partial charge >= 0.3 is 0 Å². The summed E-state index contributed by atoms with van der Waals surface area (Å²) in [6.45, 7) is 2.06. The van der Waals surface area contributed by atoms with Crippen molar-refractivity contribution in [1.82, 2.24) is 10.2 Å². The lowest BCUT2D eigenvalue weighted by molar-refractivity contribution is 1.02. The van der Waals surface area contributed by atoms with E-state index in [4.69, 9.17) is 0 Å². The molecular formula is C7H9BrN2. The minimum atomic E-state index is 0.282. The second-order valence-corrected chi connectivity index (χ2v) is 4.39. The van der Waals surface area contributed by atoms with E-state index in [1.54, 1.807) is 0 Å². The van der Waals surface area contributed by atoms with Crippen LogP contribution in [-0.2, 0) is 4.32 Å². The third-order valence-electron chi connectivity index (χ3n) is 2.00. The van der Waals surface area contributed by atoms with E-state index in [0.717, 1.165) is 0 Å². The van der Waals surface area contributed by atoms with Gasteiger partial charge in [0.05, 0.1) is 10.5 Å². The lowest BCUT2D eigenvalue weighted by Gasteiger charge is -2.02. The summed E-state index contributed by atoms with van der Waals surface area (Å²) in [4.78, 5) is 0. The number of nitrogens with one attached hydrogen (secondary N) is 1. The van der Waals surface area contributed by atoms with Crippen molar-refractivity contribution in [3.8, 4) is 0 Å². The first-order chi connectivity index (χ1) is 4.72. The molecule has 1 aliphatic rings. The van der Waals surface area contributed by atoms with Gasteiger partial charge in [0.1, 0.15) is 0 Å². The largest absolute Gasteiger partial charge is 0.283 e. The molecule has 1 N–H and O–H groups in total. The summed E-state index contributed by atoms with van der Waals surface area (Å²) in [6, 6.07) is 0. The quantitative estimate of drug-likeness (QED) is 0.692. The molecule has 0 amide bonds. The number of aromatic nitrogens is 2. The van der Waals surface area contributed by atoms with Crippen molar-refractivity contribution >= 4 is 15.9 Å². The van der Waals surface area contributed by atoms with Crippen molar-refractivity contribution in [3.05, 3.63) is 17.5 Å². The Kier molecular flexibility index (Phi) is 1.18. The molecule has 0 radical (unpaired) electrons. The maximum Gasteiger partial charge on any atom is 0.0540 e. The number of hydrogen-bond acceptors (Lipinski definition) is 1. The first-order valence-corrected chi connectivity index (χ1v) is 4.21. The Labute approximate surface area is 68.2 Å². The molecule has 54 valence electrons. The summed E-state index contributed by atoms with van der Waals surface area (Å²) in [7, 11) is 0. The Bertz CT molecular complexity index is 250. The fourth-order valence-electron chi connectivity index (χ4n) is 1.18. The lowest BCUT2D eigenvalue weighted by atomic mass is 10.2. The van der Waals surface area contributed by atoms with Gasteiger partial charge in [-0.15, -0.1) is 0 Å². The van der Waals surface area contributed by atoms with Crippen molar-refractivity contribution in [1.29, 1.82) is 0 Å². The SMILES string of the molecule is Cc1[nH]ncc1C1(Br)CC1. The fourth-order valence-corrected chi connectivity index (χ4v) is 1.78. The number of hydrogen-bond donors (Lipinski definition) is 1. The van der Waals surface area contributed by atoms with Crippen molar-refractivity contribution in [2.75, 3.05) is 0 Å². The van der Waals surface area contributed by atoms with Crippen LogP contribution in [-0.4, -0.2) is 10.2 Å². The molecule has 1 aliphatic carbocycles. The van der Waals surface area contributed by atoms with Gasteiger partial charge in [0.2, 0.25) is 0 Å². The Hall–Kier alpha value is -0.310. The second kappa shape index (κ2) is 1.84. The molecule has 1 aromatic rings. The van der Waals surface area contributed by atoms with Crippen LogP contribution in [0.5, 0.6) is 0 Å². The normalized spacial score (nSPS) is 21.0. The number of alkyl halides is 1. The highest BCUT2D eigenvalue weighted by Crippen LogP contribution is 2.54. The molecule has 0 unspecified atom stereocenters. The van der Waals surface area contributed by atoms with E-state index in [2.05, 4.69) is 33.1 Å². The van der Waals surface area contributed by atoms with Crippen LogP contribution in [0.3, 0.4) is 0 Å². The van der Waals surface area contributed by atoms with Gasteiger partial charge in [-0.1, -0.05) is 15.9 Å². The highest BCUT2D eigenvalue weighted by molar-refractivity contribution is 9.09. The smallest absolute Gasteiger partial charge is 0.0540 e. The molecule has 0 atom stereocenters. The maximum atomic E-state index is 3.97. The third-order valence-corrected chi connectivity index (χ3v) is 3.22. The van der Waals surface area contributed by atoms with Crippen molar-refractivity contribution in [3.63, 3.8) is 0 Å². The summed E-state index contributed by atoms with van der Waals surface area (Å²) < 4.78 is 0.282. The highest BCUT2D eigenvalue weighted by Gasteiger charge is 2.43. The van der Waals surface area contributed by atoms with E-state index in [1.165, 1.54) is 24.1 Å². The second-order valence-electron chi connectivity index (χ2n) is 2.87. The molecule has 2 nitrogen and oxygen atoms in total. The zero-order chi connectivity index (χ0) is 7.19. The minimum Gasteiger partial charge on any atom is -0.283 e. The zero-order valence-corrected chi connectivity index (χ0v) is 7.40. The monoisotopic (exact) mass is 200 g/mol. The predicted molar refractivity (Wildman–Crippen MR) is 43.2 cm³/mol. The van der Waals surface area contributed by atoms with Crippen LogP contribution in [0.15, 0.2) is 6.20 Å². The first kappa shape index (κ1) is 6.40. The van der Waals surface area contributed by atoms with Crippen LogP contribution in [0.25, 0.3) is 0 Å². The molecule has 0 aliphatic heterocycles. The van der Waals surface area contributed by atoms with Crippen LogP contribution in [0, 0.1) is 6.92 Å². The maximum absolute atomic E-state index is 3.97. The number of H-pyrrole nitrogens is 1.